The van der Waals surface area contributed by atoms with Gasteiger partial charge < -0.3 is 15.2 Å². The molecule has 1 aromatic carbocycles. The van der Waals surface area contributed by atoms with Crippen molar-refractivity contribution in [2.75, 3.05) is 19.8 Å². The fraction of sp³-hybridized carbons (Fsp3) is 0.647. The van der Waals surface area contributed by atoms with E-state index in [1.807, 2.05) is 24.3 Å². The Bertz CT molecular complexity index is 342. The molecule has 0 saturated carbocycles. The van der Waals surface area contributed by atoms with E-state index < -0.39 is 0 Å². The molecule has 0 atom stereocenters. The molecule has 0 saturated heterocycles. The Labute approximate surface area is 123 Å². The molecule has 0 aliphatic rings. The smallest absolute Gasteiger partial charge is 0.123 e. The summed E-state index contributed by atoms with van der Waals surface area (Å²) in [6, 6.07) is 7.93. The molecule has 0 heterocycles. The van der Waals surface area contributed by atoms with Crippen LogP contribution in [0, 0.1) is 0 Å². The van der Waals surface area contributed by atoms with Gasteiger partial charge in [-0.2, -0.15) is 0 Å². The molecule has 0 radical (unpaired) electrons. The van der Waals surface area contributed by atoms with Crippen molar-refractivity contribution in [2.24, 2.45) is 5.73 Å². The Hall–Kier alpha value is -1.06. The van der Waals surface area contributed by atoms with E-state index in [2.05, 4.69) is 6.92 Å². The predicted molar refractivity (Wildman–Crippen MR) is 84.0 cm³/mol. The third-order valence-corrected chi connectivity index (χ3v) is 3.28. The highest BCUT2D eigenvalue weighted by Gasteiger charge is 2.00. The summed E-state index contributed by atoms with van der Waals surface area (Å²) in [7, 11) is 0. The number of benzene rings is 1. The molecule has 3 nitrogen and oxygen atoms in total. The highest BCUT2D eigenvalue weighted by Crippen LogP contribution is 2.17. The van der Waals surface area contributed by atoms with Gasteiger partial charge in [-0.1, -0.05) is 50.8 Å². The van der Waals surface area contributed by atoms with Crippen LogP contribution in [0.4, 0.5) is 0 Å². The first-order valence-electron chi connectivity index (χ1n) is 7.87. The summed E-state index contributed by atoms with van der Waals surface area (Å²) in [5.74, 6) is 0.898. The Morgan fingerprint density at radius 2 is 1.65 bits per heavy atom. The van der Waals surface area contributed by atoms with Crippen LogP contribution in [0.5, 0.6) is 5.75 Å². The standard InChI is InChI=1S/C17H29NO2/c1-2-3-4-5-8-12-19-13-9-14-20-17-11-7-6-10-16(17)15-18/h6-7,10-11H,2-5,8-9,12-15,18H2,1H3. The predicted octanol–water partition coefficient (Wildman–Crippen LogP) is 3.90. The van der Waals surface area contributed by atoms with Gasteiger partial charge in [-0.05, 0) is 12.5 Å². The maximum Gasteiger partial charge on any atom is 0.123 e. The molecule has 0 bridgehead atoms. The van der Waals surface area contributed by atoms with Crippen LogP contribution < -0.4 is 10.5 Å². The number of hydrogen-bond donors (Lipinski definition) is 1. The molecule has 0 aromatic heterocycles. The van der Waals surface area contributed by atoms with Gasteiger partial charge in [-0.25, -0.2) is 0 Å². The summed E-state index contributed by atoms with van der Waals surface area (Å²) in [5.41, 5.74) is 6.73. The quantitative estimate of drug-likeness (QED) is 0.590. The minimum absolute atomic E-state index is 0.518. The van der Waals surface area contributed by atoms with Crippen molar-refractivity contribution >= 4 is 0 Å². The molecule has 1 rings (SSSR count). The van der Waals surface area contributed by atoms with Crippen LogP contribution in [0.3, 0.4) is 0 Å². The molecule has 3 heteroatoms. The van der Waals surface area contributed by atoms with E-state index in [4.69, 9.17) is 15.2 Å². The van der Waals surface area contributed by atoms with Crippen molar-refractivity contribution in [3.8, 4) is 5.75 Å². The van der Waals surface area contributed by atoms with Gasteiger partial charge in [-0.15, -0.1) is 0 Å². The van der Waals surface area contributed by atoms with Crippen LogP contribution >= 0.6 is 0 Å². The van der Waals surface area contributed by atoms with Gasteiger partial charge in [0, 0.05) is 31.7 Å². The van der Waals surface area contributed by atoms with Gasteiger partial charge in [0.2, 0.25) is 0 Å². The van der Waals surface area contributed by atoms with E-state index >= 15 is 0 Å². The highest BCUT2D eigenvalue weighted by molar-refractivity contribution is 5.32. The second-order valence-corrected chi connectivity index (χ2v) is 5.04. The lowest BCUT2D eigenvalue weighted by Crippen LogP contribution is -2.06. The van der Waals surface area contributed by atoms with Gasteiger partial charge in [0.05, 0.1) is 6.61 Å². The zero-order chi connectivity index (χ0) is 14.5. The lowest BCUT2D eigenvalue weighted by molar-refractivity contribution is 0.115. The second kappa shape index (κ2) is 11.7. The largest absolute Gasteiger partial charge is 0.493 e. The first-order chi connectivity index (χ1) is 9.88. The molecule has 0 unspecified atom stereocenters. The first kappa shape index (κ1) is 17.0. The van der Waals surface area contributed by atoms with Crippen molar-refractivity contribution < 1.29 is 9.47 Å². The van der Waals surface area contributed by atoms with Crippen molar-refractivity contribution in [1.29, 1.82) is 0 Å². The average Bonchev–Trinajstić information content (AvgIpc) is 2.49. The first-order valence-corrected chi connectivity index (χ1v) is 7.87. The van der Waals surface area contributed by atoms with E-state index in [1.165, 1.54) is 32.1 Å². The molecule has 20 heavy (non-hydrogen) atoms. The molecule has 0 aliphatic carbocycles. The topological polar surface area (TPSA) is 44.5 Å². The number of ether oxygens (including phenoxy) is 2. The van der Waals surface area contributed by atoms with Crippen LogP contribution in [0.1, 0.15) is 51.0 Å². The summed E-state index contributed by atoms with van der Waals surface area (Å²) in [6.45, 7) is 5.10. The minimum atomic E-state index is 0.518. The van der Waals surface area contributed by atoms with Crippen LogP contribution in [0.2, 0.25) is 0 Å². The normalized spacial score (nSPS) is 10.7. The monoisotopic (exact) mass is 279 g/mol. The Morgan fingerprint density at radius 3 is 2.45 bits per heavy atom. The fourth-order valence-corrected chi connectivity index (χ4v) is 2.07. The van der Waals surface area contributed by atoms with Gasteiger partial charge in [-0.3, -0.25) is 0 Å². The van der Waals surface area contributed by atoms with E-state index in [0.717, 1.165) is 30.9 Å². The molecule has 1 aromatic rings. The summed E-state index contributed by atoms with van der Waals surface area (Å²) < 4.78 is 11.3. The lowest BCUT2D eigenvalue weighted by atomic mass is 10.2. The number of nitrogens with two attached hydrogens (primary N) is 1. The third-order valence-electron chi connectivity index (χ3n) is 3.28. The zero-order valence-electron chi connectivity index (χ0n) is 12.8. The van der Waals surface area contributed by atoms with Crippen LogP contribution in [-0.2, 0) is 11.3 Å². The van der Waals surface area contributed by atoms with E-state index in [-0.39, 0.29) is 0 Å². The molecule has 0 fully saturated rings. The van der Waals surface area contributed by atoms with Crippen molar-refractivity contribution in [1.82, 2.24) is 0 Å². The number of hydrogen-bond acceptors (Lipinski definition) is 3. The van der Waals surface area contributed by atoms with Crippen molar-refractivity contribution in [3.63, 3.8) is 0 Å². The summed E-state index contributed by atoms with van der Waals surface area (Å²) in [6.07, 6.45) is 7.36. The van der Waals surface area contributed by atoms with Gasteiger partial charge in [0.1, 0.15) is 5.75 Å². The maximum absolute atomic E-state index is 5.73. The Kier molecular flexibility index (Phi) is 9.98. The summed E-state index contributed by atoms with van der Waals surface area (Å²) >= 11 is 0. The van der Waals surface area contributed by atoms with Crippen molar-refractivity contribution in [2.45, 2.75) is 52.0 Å². The molecule has 0 aliphatic heterocycles. The molecular weight excluding hydrogens is 250 g/mol. The van der Waals surface area contributed by atoms with Gasteiger partial charge in [0.15, 0.2) is 0 Å². The maximum atomic E-state index is 5.73. The molecule has 114 valence electrons. The molecule has 0 amide bonds. The van der Waals surface area contributed by atoms with Crippen LogP contribution in [0.15, 0.2) is 24.3 Å². The Balaban J connectivity index is 1.97. The average molecular weight is 279 g/mol. The van der Waals surface area contributed by atoms with Crippen molar-refractivity contribution in [3.05, 3.63) is 29.8 Å². The molecule has 2 N–H and O–H groups in total. The number of unbranched alkanes of at least 4 members (excludes halogenated alkanes) is 4. The van der Waals surface area contributed by atoms with Gasteiger partial charge in [0.25, 0.3) is 0 Å². The van der Waals surface area contributed by atoms with Gasteiger partial charge >= 0.3 is 0 Å². The number of para-hydroxylation sites is 1. The lowest BCUT2D eigenvalue weighted by Gasteiger charge is -2.10. The Morgan fingerprint density at radius 1 is 0.900 bits per heavy atom. The van der Waals surface area contributed by atoms with Crippen LogP contribution in [0.25, 0.3) is 0 Å². The number of rotatable bonds is 12. The second-order valence-electron chi connectivity index (χ2n) is 5.04. The summed E-state index contributed by atoms with van der Waals surface area (Å²) in [5, 5.41) is 0. The summed E-state index contributed by atoms with van der Waals surface area (Å²) in [4.78, 5) is 0. The van der Waals surface area contributed by atoms with E-state index in [1.54, 1.807) is 0 Å². The third kappa shape index (κ3) is 7.51. The van der Waals surface area contributed by atoms with Crippen LogP contribution in [-0.4, -0.2) is 19.8 Å². The molecule has 0 spiro atoms. The highest BCUT2D eigenvalue weighted by atomic mass is 16.5. The fourth-order valence-electron chi connectivity index (χ4n) is 2.07. The van der Waals surface area contributed by atoms with E-state index in [9.17, 15) is 0 Å². The minimum Gasteiger partial charge on any atom is -0.493 e. The molecular formula is C17H29NO2. The SMILES string of the molecule is CCCCCCCOCCCOc1ccccc1CN. The van der Waals surface area contributed by atoms with E-state index in [0.29, 0.717) is 13.2 Å². The zero-order valence-corrected chi connectivity index (χ0v) is 12.8.